The van der Waals surface area contributed by atoms with Crippen LogP contribution in [0.4, 0.5) is 4.39 Å². The predicted molar refractivity (Wildman–Crippen MR) is 68.1 cm³/mol. The zero-order chi connectivity index (χ0) is 12.4. The minimum absolute atomic E-state index is 0.0704. The molecule has 94 valence electrons. The monoisotopic (exact) mass is 236 g/mol. The normalized spacial score (nSPS) is 19.4. The Morgan fingerprint density at radius 3 is 2.65 bits per heavy atom. The third-order valence-corrected chi connectivity index (χ3v) is 3.74. The molecule has 2 rings (SSSR count). The van der Waals surface area contributed by atoms with E-state index in [0.29, 0.717) is 5.92 Å². The molecule has 1 aliphatic carbocycles. The maximum atomic E-state index is 13.7. The molecule has 0 bridgehead atoms. The van der Waals surface area contributed by atoms with Gasteiger partial charge in [0, 0.05) is 24.2 Å². The van der Waals surface area contributed by atoms with Gasteiger partial charge in [-0.05, 0) is 38.8 Å². The van der Waals surface area contributed by atoms with Gasteiger partial charge in [-0.15, -0.1) is 0 Å². The minimum Gasteiger partial charge on any atom is -0.326 e. The molecule has 3 heteroatoms. The van der Waals surface area contributed by atoms with Crippen LogP contribution in [-0.4, -0.2) is 24.5 Å². The Balaban J connectivity index is 1.98. The molecule has 2 atom stereocenters. The quantitative estimate of drug-likeness (QED) is 0.851. The summed E-state index contributed by atoms with van der Waals surface area (Å²) >= 11 is 0. The van der Waals surface area contributed by atoms with Crippen molar-refractivity contribution in [2.45, 2.75) is 31.8 Å². The Hall–Kier alpha value is -0.930. The molecule has 0 amide bonds. The number of hydrogen-bond donors (Lipinski definition) is 1. The molecule has 1 aromatic rings. The summed E-state index contributed by atoms with van der Waals surface area (Å²) in [5.41, 5.74) is 6.85. The molecular formula is C14H21FN2. The largest absolute Gasteiger partial charge is 0.326 e. The third kappa shape index (κ3) is 3.05. The molecule has 1 aromatic carbocycles. The summed E-state index contributed by atoms with van der Waals surface area (Å²) in [5.74, 6) is 0.553. The van der Waals surface area contributed by atoms with Crippen molar-refractivity contribution in [3.63, 3.8) is 0 Å². The van der Waals surface area contributed by atoms with Crippen molar-refractivity contribution in [3.05, 3.63) is 35.6 Å². The molecule has 0 spiro atoms. The van der Waals surface area contributed by atoms with Gasteiger partial charge in [0.1, 0.15) is 5.82 Å². The summed E-state index contributed by atoms with van der Waals surface area (Å²) in [7, 11) is 2.01. The Labute approximate surface area is 103 Å². The van der Waals surface area contributed by atoms with Crippen LogP contribution in [0.1, 0.15) is 31.4 Å². The summed E-state index contributed by atoms with van der Waals surface area (Å²) < 4.78 is 13.7. The first kappa shape index (κ1) is 12.5. The number of nitrogens with two attached hydrogens (primary N) is 1. The molecular weight excluding hydrogens is 215 g/mol. The van der Waals surface area contributed by atoms with Crippen LogP contribution < -0.4 is 5.73 Å². The van der Waals surface area contributed by atoms with Crippen LogP contribution in [0.5, 0.6) is 0 Å². The van der Waals surface area contributed by atoms with E-state index in [1.807, 2.05) is 26.1 Å². The summed E-state index contributed by atoms with van der Waals surface area (Å²) in [6, 6.07) is 7.26. The fraction of sp³-hybridized carbons (Fsp3) is 0.571. The SMILES string of the molecule is CC(c1ccccc1F)N(C)CC(N)C1CC1. The number of benzene rings is 1. The topological polar surface area (TPSA) is 29.3 Å². The van der Waals surface area contributed by atoms with E-state index in [4.69, 9.17) is 5.73 Å². The van der Waals surface area contributed by atoms with Crippen molar-refractivity contribution in [1.29, 1.82) is 0 Å². The van der Waals surface area contributed by atoms with Crippen molar-refractivity contribution in [3.8, 4) is 0 Å². The molecule has 0 radical (unpaired) electrons. The van der Waals surface area contributed by atoms with Crippen molar-refractivity contribution < 1.29 is 4.39 Å². The van der Waals surface area contributed by atoms with E-state index in [0.717, 1.165) is 12.1 Å². The second-order valence-electron chi connectivity index (χ2n) is 5.14. The van der Waals surface area contributed by atoms with E-state index < -0.39 is 0 Å². The Bertz CT molecular complexity index is 376. The Morgan fingerprint density at radius 1 is 1.41 bits per heavy atom. The highest BCUT2D eigenvalue weighted by molar-refractivity contribution is 5.20. The standard InChI is InChI=1S/C14H21FN2/c1-10(12-5-3-4-6-13(12)15)17(2)9-14(16)11-7-8-11/h3-6,10-11,14H,7-9,16H2,1-2H3. The highest BCUT2D eigenvalue weighted by Crippen LogP contribution is 2.32. The Kier molecular flexibility index (Phi) is 3.79. The summed E-state index contributed by atoms with van der Waals surface area (Å²) in [5, 5.41) is 0. The van der Waals surface area contributed by atoms with Crippen molar-refractivity contribution in [2.24, 2.45) is 11.7 Å². The lowest BCUT2D eigenvalue weighted by Gasteiger charge is -2.28. The lowest BCUT2D eigenvalue weighted by Crippen LogP contribution is -2.38. The van der Waals surface area contributed by atoms with Crippen LogP contribution in [-0.2, 0) is 0 Å². The van der Waals surface area contributed by atoms with E-state index in [-0.39, 0.29) is 17.9 Å². The summed E-state index contributed by atoms with van der Waals surface area (Å²) in [6.45, 7) is 2.86. The summed E-state index contributed by atoms with van der Waals surface area (Å²) in [4.78, 5) is 2.14. The van der Waals surface area contributed by atoms with Crippen LogP contribution >= 0.6 is 0 Å². The second kappa shape index (κ2) is 5.15. The third-order valence-electron chi connectivity index (χ3n) is 3.74. The zero-order valence-corrected chi connectivity index (χ0v) is 10.6. The molecule has 2 N–H and O–H groups in total. The van der Waals surface area contributed by atoms with Crippen molar-refractivity contribution >= 4 is 0 Å². The molecule has 0 heterocycles. The second-order valence-corrected chi connectivity index (χ2v) is 5.14. The Morgan fingerprint density at radius 2 is 2.06 bits per heavy atom. The molecule has 0 saturated heterocycles. The van der Waals surface area contributed by atoms with Gasteiger partial charge in [0.25, 0.3) is 0 Å². The number of nitrogens with zero attached hydrogens (tertiary/aromatic N) is 1. The van der Waals surface area contributed by atoms with E-state index in [1.54, 1.807) is 6.07 Å². The molecule has 17 heavy (non-hydrogen) atoms. The molecule has 0 aromatic heterocycles. The van der Waals surface area contributed by atoms with Gasteiger partial charge in [0.05, 0.1) is 0 Å². The lowest BCUT2D eigenvalue weighted by atomic mass is 10.1. The molecule has 2 unspecified atom stereocenters. The van der Waals surface area contributed by atoms with Gasteiger partial charge in [-0.25, -0.2) is 4.39 Å². The van der Waals surface area contributed by atoms with Crippen molar-refractivity contribution in [2.75, 3.05) is 13.6 Å². The average molecular weight is 236 g/mol. The molecule has 1 fully saturated rings. The van der Waals surface area contributed by atoms with E-state index in [1.165, 1.54) is 18.9 Å². The minimum atomic E-state index is -0.133. The lowest BCUT2D eigenvalue weighted by molar-refractivity contribution is 0.233. The fourth-order valence-corrected chi connectivity index (χ4v) is 2.22. The fourth-order valence-electron chi connectivity index (χ4n) is 2.22. The van der Waals surface area contributed by atoms with E-state index in [2.05, 4.69) is 4.90 Å². The molecule has 0 aliphatic heterocycles. The van der Waals surface area contributed by atoms with Gasteiger partial charge >= 0.3 is 0 Å². The van der Waals surface area contributed by atoms with Crippen LogP contribution in [0.2, 0.25) is 0 Å². The number of likely N-dealkylation sites (N-methyl/N-ethyl adjacent to an activating group) is 1. The highest BCUT2D eigenvalue weighted by Gasteiger charge is 2.30. The van der Waals surface area contributed by atoms with Crippen molar-refractivity contribution in [1.82, 2.24) is 4.90 Å². The van der Waals surface area contributed by atoms with Crippen LogP contribution in [0.25, 0.3) is 0 Å². The first-order valence-electron chi connectivity index (χ1n) is 6.30. The van der Waals surface area contributed by atoms with Gasteiger partial charge < -0.3 is 5.73 Å². The highest BCUT2D eigenvalue weighted by atomic mass is 19.1. The number of hydrogen-bond acceptors (Lipinski definition) is 2. The average Bonchev–Trinajstić information content (AvgIpc) is 3.12. The zero-order valence-electron chi connectivity index (χ0n) is 10.6. The van der Waals surface area contributed by atoms with Crippen LogP contribution in [0.15, 0.2) is 24.3 Å². The van der Waals surface area contributed by atoms with Gasteiger partial charge in [-0.2, -0.15) is 0 Å². The maximum Gasteiger partial charge on any atom is 0.127 e. The number of rotatable bonds is 5. The number of halogens is 1. The predicted octanol–water partition coefficient (Wildman–Crippen LogP) is 2.56. The molecule has 1 aliphatic rings. The maximum absolute atomic E-state index is 13.7. The molecule has 1 saturated carbocycles. The van der Waals surface area contributed by atoms with Crippen LogP contribution in [0.3, 0.4) is 0 Å². The van der Waals surface area contributed by atoms with Gasteiger partial charge in [-0.3, -0.25) is 4.90 Å². The summed E-state index contributed by atoms with van der Waals surface area (Å²) in [6.07, 6.45) is 2.51. The van der Waals surface area contributed by atoms with E-state index >= 15 is 0 Å². The van der Waals surface area contributed by atoms with Gasteiger partial charge in [-0.1, -0.05) is 18.2 Å². The van der Waals surface area contributed by atoms with E-state index in [9.17, 15) is 4.39 Å². The first-order valence-corrected chi connectivity index (χ1v) is 6.30. The molecule has 2 nitrogen and oxygen atoms in total. The van der Waals surface area contributed by atoms with Gasteiger partial charge in [0.2, 0.25) is 0 Å². The van der Waals surface area contributed by atoms with Crippen LogP contribution in [0, 0.1) is 11.7 Å². The first-order chi connectivity index (χ1) is 8.09. The van der Waals surface area contributed by atoms with Gasteiger partial charge in [0.15, 0.2) is 0 Å². The smallest absolute Gasteiger partial charge is 0.127 e.